The van der Waals surface area contributed by atoms with E-state index in [9.17, 15) is 18.0 Å². The van der Waals surface area contributed by atoms with E-state index in [4.69, 9.17) is 13.9 Å². The Morgan fingerprint density at radius 1 is 1.11 bits per heavy atom. The second-order valence-electron chi connectivity index (χ2n) is 5.94. The van der Waals surface area contributed by atoms with Gasteiger partial charge in [0.2, 0.25) is 6.79 Å². The van der Waals surface area contributed by atoms with Crippen LogP contribution in [0.25, 0.3) is 11.3 Å². The van der Waals surface area contributed by atoms with Gasteiger partial charge in [-0.15, -0.1) is 0 Å². The lowest BCUT2D eigenvalue weighted by molar-refractivity contribution is -0.137. The van der Waals surface area contributed by atoms with Crippen LogP contribution < -0.4 is 14.8 Å². The molecule has 0 aliphatic carbocycles. The molecule has 1 aromatic heterocycles. The van der Waals surface area contributed by atoms with Gasteiger partial charge in [-0.3, -0.25) is 4.79 Å². The zero-order valence-corrected chi connectivity index (χ0v) is 14.2. The zero-order chi connectivity index (χ0) is 19.7. The Labute approximate surface area is 156 Å². The fraction of sp³-hybridized carbons (Fsp3) is 0.158. The summed E-state index contributed by atoms with van der Waals surface area (Å²) in [5.41, 5.74) is -0.645. The average molecular weight is 390 g/mol. The van der Waals surface area contributed by atoms with Crippen molar-refractivity contribution in [3.8, 4) is 22.8 Å². The van der Waals surface area contributed by atoms with Gasteiger partial charge in [-0.1, -0.05) is 24.3 Å². The van der Waals surface area contributed by atoms with Crippen LogP contribution in [0.2, 0.25) is 0 Å². The number of rotatable bonds is 4. The van der Waals surface area contributed by atoms with Crippen LogP contribution in [0.5, 0.6) is 11.5 Å². The highest BCUT2D eigenvalue weighted by Gasteiger charge is 2.35. The summed E-state index contributed by atoms with van der Waals surface area (Å²) in [4.78, 5) is 16.3. The molecule has 0 atom stereocenters. The number of hydrogen-bond acceptors (Lipinski definition) is 5. The Balaban J connectivity index is 1.55. The number of hydrogen-bond donors (Lipinski definition) is 1. The van der Waals surface area contributed by atoms with E-state index in [1.165, 1.54) is 18.2 Å². The summed E-state index contributed by atoms with van der Waals surface area (Å²) in [6, 6.07) is 10.0. The van der Waals surface area contributed by atoms with Crippen molar-refractivity contribution < 1.29 is 31.9 Å². The molecule has 1 aliphatic rings. The molecule has 0 saturated carbocycles. The fourth-order valence-corrected chi connectivity index (χ4v) is 2.84. The number of halogens is 3. The van der Waals surface area contributed by atoms with Crippen LogP contribution in [0.1, 0.15) is 21.6 Å². The summed E-state index contributed by atoms with van der Waals surface area (Å²) in [6.45, 7) is 0.259. The molecule has 0 fully saturated rings. The normalized spacial score (nSPS) is 12.8. The van der Waals surface area contributed by atoms with Crippen molar-refractivity contribution in [1.29, 1.82) is 0 Å². The number of benzene rings is 2. The van der Waals surface area contributed by atoms with E-state index < -0.39 is 17.6 Å². The van der Waals surface area contributed by atoms with Crippen molar-refractivity contribution in [2.75, 3.05) is 6.79 Å². The summed E-state index contributed by atoms with van der Waals surface area (Å²) in [6.07, 6.45) is -3.65. The summed E-state index contributed by atoms with van der Waals surface area (Å²) < 4.78 is 55.4. The number of alkyl halides is 3. The van der Waals surface area contributed by atoms with Crippen LogP contribution in [0, 0.1) is 0 Å². The number of nitrogens with zero attached hydrogens (tertiary/aromatic N) is 1. The van der Waals surface area contributed by atoms with Crippen LogP contribution in [-0.4, -0.2) is 17.7 Å². The minimum atomic E-state index is -4.59. The number of carbonyl (C=O) groups is 1. The molecule has 0 unspecified atom stereocenters. The monoisotopic (exact) mass is 390 g/mol. The Morgan fingerprint density at radius 3 is 2.71 bits per heavy atom. The first-order valence-electron chi connectivity index (χ1n) is 8.20. The van der Waals surface area contributed by atoms with Gasteiger partial charge in [0.1, 0.15) is 0 Å². The number of amides is 1. The molecule has 9 heteroatoms. The number of ether oxygens (including phenoxy) is 2. The van der Waals surface area contributed by atoms with Gasteiger partial charge in [-0.25, -0.2) is 4.98 Å². The third kappa shape index (κ3) is 3.38. The predicted octanol–water partition coefficient (Wildman–Crippen LogP) is 4.02. The smallest absolute Gasteiger partial charge is 0.417 e. The standard InChI is InChI=1S/C19H13F3N2O4/c20-19(21,22)13-4-2-1-3-12(13)17-16(24-9-26-17)18(25)23-8-11-5-6-14-15(7-11)28-10-27-14/h1-7,9H,8,10H2,(H,23,25). The summed E-state index contributed by atoms with van der Waals surface area (Å²) in [5.74, 6) is 0.278. The van der Waals surface area contributed by atoms with E-state index in [-0.39, 0.29) is 30.4 Å². The number of nitrogens with one attached hydrogen (secondary N) is 1. The largest absolute Gasteiger partial charge is 0.454 e. The van der Waals surface area contributed by atoms with Crippen molar-refractivity contribution in [3.63, 3.8) is 0 Å². The maximum atomic E-state index is 13.3. The van der Waals surface area contributed by atoms with Crippen molar-refractivity contribution in [1.82, 2.24) is 10.3 Å². The van der Waals surface area contributed by atoms with Gasteiger partial charge in [0.25, 0.3) is 5.91 Å². The van der Waals surface area contributed by atoms with E-state index in [1.807, 2.05) is 0 Å². The van der Waals surface area contributed by atoms with Crippen molar-refractivity contribution >= 4 is 5.91 Å². The van der Waals surface area contributed by atoms with Crippen molar-refractivity contribution in [2.45, 2.75) is 12.7 Å². The van der Waals surface area contributed by atoms with E-state index in [1.54, 1.807) is 18.2 Å². The number of fused-ring (bicyclic) bond motifs is 1. The first-order chi connectivity index (χ1) is 13.4. The molecule has 3 aromatic rings. The van der Waals surface area contributed by atoms with Gasteiger partial charge >= 0.3 is 6.18 Å². The van der Waals surface area contributed by atoms with Crippen LogP contribution in [0.3, 0.4) is 0 Å². The number of oxazole rings is 1. The van der Waals surface area contributed by atoms with E-state index >= 15 is 0 Å². The molecule has 4 rings (SSSR count). The highest BCUT2D eigenvalue weighted by atomic mass is 19.4. The molecule has 2 aromatic carbocycles. The second kappa shape index (κ2) is 6.91. The van der Waals surface area contributed by atoms with Gasteiger partial charge in [-0.2, -0.15) is 13.2 Å². The Hall–Kier alpha value is -3.49. The van der Waals surface area contributed by atoms with Gasteiger partial charge in [0.15, 0.2) is 29.3 Å². The van der Waals surface area contributed by atoms with Crippen LogP contribution in [0.4, 0.5) is 13.2 Å². The number of aromatic nitrogens is 1. The topological polar surface area (TPSA) is 73.6 Å². The minimum absolute atomic E-state index is 0.128. The first-order valence-corrected chi connectivity index (χ1v) is 8.20. The van der Waals surface area contributed by atoms with Crippen LogP contribution >= 0.6 is 0 Å². The molecule has 2 heterocycles. The fourth-order valence-electron chi connectivity index (χ4n) is 2.84. The molecule has 0 saturated heterocycles. The molecule has 6 nitrogen and oxygen atoms in total. The molecular formula is C19H13F3N2O4. The van der Waals surface area contributed by atoms with Crippen LogP contribution in [-0.2, 0) is 12.7 Å². The molecule has 0 spiro atoms. The van der Waals surface area contributed by atoms with Gasteiger partial charge in [0.05, 0.1) is 5.56 Å². The molecule has 144 valence electrons. The summed E-state index contributed by atoms with van der Waals surface area (Å²) in [5, 5.41) is 2.62. The molecule has 1 N–H and O–H groups in total. The third-order valence-corrected chi connectivity index (χ3v) is 4.15. The second-order valence-corrected chi connectivity index (χ2v) is 5.94. The van der Waals surface area contributed by atoms with Gasteiger partial charge in [-0.05, 0) is 23.8 Å². The first kappa shape index (κ1) is 17.9. The van der Waals surface area contributed by atoms with Crippen molar-refractivity contribution in [3.05, 3.63) is 65.7 Å². The molecule has 0 radical (unpaired) electrons. The minimum Gasteiger partial charge on any atom is -0.454 e. The lowest BCUT2D eigenvalue weighted by Gasteiger charge is -2.11. The van der Waals surface area contributed by atoms with E-state index in [2.05, 4.69) is 10.3 Å². The highest BCUT2D eigenvalue weighted by Crippen LogP contribution is 2.38. The molecule has 1 amide bonds. The zero-order valence-electron chi connectivity index (χ0n) is 14.2. The van der Waals surface area contributed by atoms with Crippen LogP contribution in [0.15, 0.2) is 53.3 Å². The molecule has 1 aliphatic heterocycles. The van der Waals surface area contributed by atoms with E-state index in [0.29, 0.717) is 11.5 Å². The Kier molecular flexibility index (Phi) is 4.42. The molecule has 0 bridgehead atoms. The maximum Gasteiger partial charge on any atom is 0.417 e. The van der Waals surface area contributed by atoms with Gasteiger partial charge < -0.3 is 19.2 Å². The summed E-state index contributed by atoms with van der Waals surface area (Å²) in [7, 11) is 0. The van der Waals surface area contributed by atoms with E-state index in [0.717, 1.165) is 18.0 Å². The Morgan fingerprint density at radius 2 is 1.89 bits per heavy atom. The SMILES string of the molecule is O=C(NCc1ccc2c(c1)OCO2)c1ncoc1-c1ccccc1C(F)(F)F. The highest BCUT2D eigenvalue weighted by molar-refractivity contribution is 5.97. The molecular weight excluding hydrogens is 377 g/mol. The van der Waals surface area contributed by atoms with Crippen molar-refractivity contribution in [2.24, 2.45) is 0 Å². The lowest BCUT2D eigenvalue weighted by atomic mass is 10.0. The lowest BCUT2D eigenvalue weighted by Crippen LogP contribution is -2.23. The summed E-state index contributed by atoms with van der Waals surface area (Å²) >= 11 is 0. The Bertz CT molecular complexity index is 1030. The quantitative estimate of drug-likeness (QED) is 0.729. The average Bonchev–Trinajstić information content (AvgIpc) is 3.34. The third-order valence-electron chi connectivity index (χ3n) is 4.15. The predicted molar refractivity (Wildman–Crippen MR) is 90.7 cm³/mol. The molecule has 28 heavy (non-hydrogen) atoms. The number of carbonyl (C=O) groups excluding carboxylic acids is 1. The van der Waals surface area contributed by atoms with Gasteiger partial charge in [0, 0.05) is 12.1 Å². The maximum absolute atomic E-state index is 13.3.